The van der Waals surface area contributed by atoms with Crippen molar-refractivity contribution in [1.29, 1.82) is 0 Å². The highest BCUT2D eigenvalue weighted by molar-refractivity contribution is 5.66. The number of nitrogens with zero attached hydrogens (tertiary/aromatic N) is 1. The van der Waals surface area contributed by atoms with Gasteiger partial charge in [-0.25, -0.2) is 0 Å². The normalized spacial score (nSPS) is 22.9. The smallest absolute Gasteiger partial charge is 0.304 e. The van der Waals surface area contributed by atoms with Crippen molar-refractivity contribution < 1.29 is 9.90 Å². The topological polar surface area (TPSA) is 52.6 Å². The first-order valence-corrected chi connectivity index (χ1v) is 5.84. The van der Waals surface area contributed by atoms with E-state index < -0.39 is 5.97 Å². The molecule has 1 aliphatic heterocycles. The van der Waals surface area contributed by atoms with Gasteiger partial charge >= 0.3 is 5.97 Å². The summed E-state index contributed by atoms with van der Waals surface area (Å²) in [7, 11) is 1.96. The zero-order valence-corrected chi connectivity index (χ0v) is 9.54. The number of carboxylic acid groups (broad SMARTS) is 1. The first kappa shape index (κ1) is 12.5. The number of piperidine rings is 1. The van der Waals surface area contributed by atoms with E-state index in [1.54, 1.807) is 0 Å². The Morgan fingerprint density at radius 1 is 1.53 bits per heavy atom. The molecular formula is C11H22N2O2. The molecule has 0 amide bonds. The van der Waals surface area contributed by atoms with E-state index in [1.165, 1.54) is 19.3 Å². The molecule has 4 nitrogen and oxygen atoms in total. The Bertz CT molecular complexity index is 197. The van der Waals surface area contributed by atoms with E-state index >= 15 is 0 Å². The van der Waals surface area contributed by atoms with Gasteiger partial charge in [-0.2, -0.15) is 0 Å². The molecular weight excluding hydrogens is 192 g/mol. The average Bonchev–Trinajstić information content (AvgIpc) is 2.24. The van der Waals surface area contributed by atoms with Crippen LogP contribution in [0.15, 0.2) is 0 Å². The number of likely N-dealkylation sites (tertiary alicyclic amines) is 1. The lowest BCUT2D eigenvalue weighted by molar-refractivity contribution is -0.137. The van der Waals surface area contributed by atoms with Gasteiger partial charge in [-0.3, -0.25) is 9.69 Å². The molecule has 0 spiro atoms. The van der Waals surface area contributed by atoms with E-state index in [0.29, 0.717) is 12.6 Å². The molecule has 1 saturated heterocycles. The molecule has 0 radical (unpaired) electrons. The maximum atomic E-state index is 10.5. The minimum absolute atomic E-state index is 0.274. The van der Waals surface area contributed by atoms with Crippen molar-refractivity contribution in [2.45, 2.75) is 38.1 Å². The molecule has 4 heteroatoms. The van der Waals surface area contributed by atoms with E-state index in [-0.39, 0.29) is 6.42 Å². The molecule has 0 aromatic rings. The van der Waals surface area contributed by atoms with E-state index in [9.17, 15) is 4.79 Å². The number of hydrogen-bond donors (Lipinski definition) is 2. The van der Waals surface area contributed by atoms with Gasteiger partial charge in [-0.1, -0.05) is 6.42 Å². The lowest BCUT2D eigenvalue weighted by Crippen LogP contribution is -2.41. The van der Waals surface area contributed by atoms with Crippen LogP contribution in [0.5, 0.6) is 0 Å². The summed E-state index contributed by atoms with van der Waals surface area (Å²) in [5.41, 5.74) is 0. The summed E-state index contributed by atoms with van der Waals surface area (Å²) >= 11 is 0. The number of nitrogens with one attached hydrogen (secondary N) is 1. The second kappa shape index (κ2) is 6.80. The van der Waals surface area contributed by atoms with Gasteiger partial charge < -0.3 is 10.4 Å². The lowest BCUT2D eigenvalue weighted by Gasteiger charge is -2.35. The Morgan fingerprint density at radius 2 is 2.33 bits per heavy atom. The zero-order chi connectivity index (χ0) is 11.1. The van der Waals surface area contributed by atoms with Crippen LogP contribution in [0.4, 0.5) is 0 Å². The quantitative estimate of drug-likeness (QED) is 0.690. The summed E-state index contributed by atoms with van der Waals surface area (Å²) in [6, 6.07) is 0.588. The van der Waals surface area contributed by atoms with Crippen LogP contribution in [-0.4, -0.2) is 48.7 Å². The van der Waals surface area contributed by atoms with Crippen molar-refractivity contribution in [1.82, 2.24) is 10.2 Å². The number of carboxylic acids is 1. The van der Waals surface area contributed by atoms with Gasteiger partial charge in [0.2, 0.25) is 0 Å². The fraction of sp³-hybridized carbons (Fsp3) is 0.909. The van der Waals surface area contributed by atoms with Gasteiger partial charge in [0, 0.05) is 12.6 Å². The second-order valence-corrected chi connectivity index (χ2v) is 4.22. The van der Waals surface area contributed by atoms with Gasteiger partial charge in [0.1, 0.15) is 0 Å². The molecule has 0 aromatic carbocycles. The Labute approximate surface area is 91.6 Å². The van der Waals surface area contributed by atoms with Crippen LogP contribution in [0.25, 0.3) is 0 Å². The molecule has 88 valence electrons. The molecule has 1 heterocycles. The average molecular weight is 214 g/mol. The fourth-order valence-electron chi connectivity index (χ4n) is 2.23. The molecule has 1 rings (SSSR count). The standard InChI is InChI=1S/C11H22N2O2/c1-12-7-5-10-4-2-3-8-13(10)9-6-11(14)15/h10,12H,2-9H2,1H3,(H,14,15). The van der Waals surface area contributed by atoms with Crippen molar-refractivity contribution in [3.63, 3.8) is 0 Å². The van der Waals surface area contributed by atoms with Gasteiger partial charge in [0.15, 0.2) is 0 Å². The van der Waals surface area contributed by atoms with E-state index in [4.69, 9.17) is 5.11 Å². The predicted molar refractivity (Wildman–Crippen MR) is 60.0 cm³/mol. The molecule has 0 bridgehead atoms. The molecule has 0 saturated carbocycles. The van der Waals surface area contributed by atoms with Crippen LogP contribution in [-0.2, 0) is 4.79 Å². The van der Waals surface area contributed by atoms with Crippen LogP contribution >= 0.6 is 0 Å². The predicted octanol–water partition coefficient (Wildman–Crippen LogP) is 0.925. The third-order valence-corrected chi connectivity index (χ3v) is 3.09. The molecule has 15 heavy (non-hydrogen) atoms. The Hall–Kier alpha value is -0.610. The zero-order valence-electron chi connectivity index (χ0n) is 9.54. The minimum atomic E-state index is -0.687. The fourth-order valence-corrected chi connectivity index (χ4v) is 2.23. The summed E-state index contributed by atoms with van der Waals surface area (Å²) in [6.07, 6.45) is 5.14. The summed E-state index contributed by atoms with van der Waals surface area (Å²) in [5, 5.41) is 11.8. The monoisotopic (exact) mass is 214 g/mol. The third kappa shape index (κ3) is 4.62. The van der Waals surface area contributed by atoms with Crippen molar-refractivity contribution in [3.8, 4) is 0 Å². The van der Waals surface area contributed by atoms with Crippen LogP contribution < -0.4 is 5.32 Å². The van der Waals surface area contributed by atoms with Crippen molar-refractivity contribution in [2.24, 2.45) is 0 Å². The summed E-state index contributed by atoms with van der Waals surface area (Å²) in [6.45, 7) is 2.81. The Morgan fingerprint density at radius 3 is 3.00 bits per heavy atom. The van der Waals surface area contributed by atoms with Gasteiger partial charge in [-0.15, -0.1) is 0 Å². The van der Waals surface area contributed by atoms with Crippen LogP contribution in [0.1, 0.15) is 32.1 Å². The Balaban J connectivity index is 2.32. The summed E-state index contributed by atoms with van der Waals surface area (Å²) in [5.74, 6) is -0.687. The number of rotatable bonds is 6. The van der Waals surface area contributed by atoms with E-state index in [2.05, 4.69) is 10.2 Å². The van der Waals surface area contributed by atoms with Gasteiger partial charge in [0.25, 0.3) is 0 Å². The van der Waals surface area contributed by atoms with Crippen LogP contribution in [0.3, 0.4) is 0 Å². The molecule has 1 aliphatic rings. The largest absolute Gasteiger partial charge is 0.481 e. The number of aliphatic carboxylic acids is 1. The number of hydrogen-bond acceptors (Lipinski definition) is 3. The molecule has 0 aromatic heterocycles. The third-order valence-electron chi connectivity index (χ3n) is 3.09. The lowest BCUT2D eigenvalue weighted by atomic mass is 9.99. The van der Waals surface area contributed by atoms with Crippen molar-refractivity contribution >= 4 is 5.97 Å². The SMILES string of the molecule is CNCCC1CCCCN1CCC(=O)O. The van der Waals surface area contributed by atoms with Crippen molar-refractivity contribution in [3.05, 3.63) is 0 Å². The Kier molecular flexibility index (Phi) is 5.65. The first-order chi connectivity index (χ1) is 7.24. The van der Waals surface area contributed by atoms with Gasteiger partial charge in [-0.05, 0) is 39.4 Å². The van der Waals surface area contributed by atoms with Crippen molar-refractivity contribution in [2.75, 3.05) is 26.7 Å². The van der Waals surface area contributed by atoms with E-state index in [0.717, 1.165) is 19.5 Å². The second-order valence-electron chi connectivity index (χ2n) is 4.22. The highest BCUT2D eigenvalue weighted by Crippen LogP contribution is 2.19. The molecule has 0 aliphatic carbocycles. The first-order valence-electron chi connectivity index (χ1n) is 5.84. The molecule has 1 unspecified atom stereocenters. The van der Waals surface area contributed by atoms with Crippen LogP contribution in [0, 0.1) is 0 Å². The number of carbonyl (C=O) groups is 1. The maximum Gasteiger partial charge on any atom is 0.304 e. The minimum Gasteiger partial charge on any atom is -0.481 e. The highest BCUT2D eigenvalue weighted by atomic mass is 16.4. The highest BCUT2D eigenvalue weighted by Gasteiger charge is 2.21. The molecule has 1 atom stereocenters. The summed E-state index contributed by atoms with van der Waals surface area (Å²) in [4.78, 5) is 12.9. The van der Waals surface area contributed by atoms with E-state index in [1.807, 2.05) is 7.05 Å². The van der Waals surface area contributed by atoms with Gasteiger partial charge in [0.05, 0.1) is 6.42 Å². The molecule has 1 fully saturated rings. The van der Waals surface area contributed by atoms with Crippen LogP contribution in [0.2, 0.25) is 0 Å². The summed E-state index contributed by atoms with van der Waals surface area (Å²) < 4.78 is 0. The molecule has 2 N–H and O–H groups in total. The maximum absolute atomic E-state index is 10.5.